The molecule has 0 aliphatic carbocycles. The van der Waals surface area contributed by atoms with Crippen LogP contribution in [-0.2, 0) is 9.59 Å². The number of anilines is 1. The second kappa shape index (κ2) is 5.59. The Balaban J connectivity index is 1.92. The lowest BCUT2D eigenvalue weighted by Crippen LogP contribution is -2.22. The highest BCUT2D eigenvalue weighted by Crippen LogP contribution is 2.25. The monoisotopic (exact) mass is 263 g/mol. The Morgan fingerprint density at radius 2 is 2.06 bits per heavy atom. The summed E-state index contributed by atoms with van der Waals surface area (Å²) >= 11 is 1.39. The summed E-state index contributed by atoms with van der Waals surface area (Å²) in [7, 11) is 0. The highest BCUT2D eigenvalue weighted by molar-refractivity contribution is 7.22. The zero-order valence-electron chi connectivity index (χ0n) is 9.51. The third-order valence-corrected chi connectivity index (χ3v) is 3.28. The van der Waals surface area contributed by atoms with Crippen molar-refractivity contribution in [3.05, 3.63) is 24.3 Å². The van der Waals surface area contributed by atoms with Crippen molar-refractivity contribution in [2.45, 2.75) is 19.3 Å². The van der Waals surface area contributed by atoms with E-state index in [0.29, 0.717) is 5.13 Å². The van der Waals surface area contributed by atoms with Crippen LogP contribution in [0.3, 0.4) is 0 Å². The van der Waals surface area contributed by atoms with E-state index in [9.17, 15) is 14.7 Å². The van der Waals surface area contributed by atoms with Crippen molar-refractivity contribution in [1.82, 2.24) is 4.98 Å². The average Bonchev–Trinajstić information content (AvgIpc) is 2.70. The Kier molecular flexibility index (Phi) is 3.88. The van der Waals surface area contributed by atoms with Crippen LogP contribution in [0.15, 0.2) is 24.3 Å². The van der Waals surface area contributed by atoms with Crippen molar-refractivity contribution in [2.24, 2.45) is 0 Å². The van der Waals surface area contributed by atoms with E-state index in [-0.39, 0.29) is 25.2 Å². The van der Waals surface area contributed by atoms with Crippen molar-refractivity contribution in [2.75, 3.05) is 5.32 Å². The molecular weight excluding hydrogens is 252 g/mol. The fourth-order valence-corrected chi connectivity index (χ4v) is 2.38. The number of aliphatic carboxylic acids is 1. The Bertz CT molecular complexity index is 546. The van der Waals surface area contributed by atoms with E-state index in [1.165, 1.54) is 11.3 Å². The van der Waals surface area contributed by atoms with Crippen LogP contribution in [0.1, 0.15) is 19.3 Å². The van der Waals surface area contributed by atoms with Crippen LogP contribution in [0.2, 0.25) is 0 Å². The van der Waals surface area contributed by atoms with E-state index in [1.54, 1.807) is 0 Å². The molecule has 0 saturated carbocycles. The number of amides is 1. The van der Waals surface area contributed by atoms with Crippen molar-refractivity contribution in [3.63, 3.8) is 0 Å². The first-order valence-electron chi connectivity index (χ1n) is 5.50. The molecule has 0 bridgehead atoms. The van der Waals surface area contributed by atoms with Crippen LogP contribution in [0.4, 0.5) is 5.13 Å². The van der Waals surface area contributed by atoms with E-state index in [4.69, 9.17) is 0 Å². The number of aromatic nitrogens is 1. The summed E-state index contributed by atoms with van der Waals surface area (Å²) in [5, 5.41) is 13.4. The van der Waals surface area contributed by atoms with E-state index in [1.807, 2.05) is 24.3 Å². The Hall–Kier alpha value is -1.95. The molecule has 1 aromatic carbocycles. The smallest absolute Gasteiger partial charge is 0.226 e. The number of thiazole rings is 1. The molecule has 18 heavy (non-hydrogen) atoms. The van der Waals surface area contributed by atoms with E-state index >= 15 is 0 Å². The molecular formula is C12H11N2O3S-. The molecule has 0 unspecified atom stereocenters. The van der Waals surface area contributed by atoms with Gasteiger partial charge in [0.25, 0.3) is 0 Å². The summed E-state index contributed by atoms with van der Waals surface area (Å²) in [5.41, 5.74) is 0.840. The molecule has 0 spiro atoms. The number of hydrogen-bond acceptors (Lipinski definition) is 5. The topological polar surface area (TPSA) is 82.1 Å². The molecule has 0 aliphatic heterocycles. The normalized spacial score (nSPS) is 10.4. The molecule has 1 N–H and O–H groups in total. The van der Waals surface area contributed by atoms with Gasteiger partial charge in [-0.25, -0.2) is 4.98 Å². The Morgan fingerprint density at radius 1 is 1.28 bits per heavy atom. The number of fused-ring (bicyclic) bond motifs is 1. The van der Waals surface area contributed by atoms with Gasteiger partial charge in [-0.3, -0.25) is 4.79 Å². The van der Waals surface area contributed by atoms with Gasteiger partial charge in [0.2, 0.25) is 5.91 Å². The summed E-state index contributed by atoms with van der Waals surface area (Å²) in [6.07, 6.45) is 0.330. The van der Waals surface area contributed by atoms with Crippen LogP contribution in [0.5, 0.6) is 0 Å². The van der Waals surface area contributed by atoms with Crippen molar-refractivity contribution >= 4 is 38.6 Å². The first-order valence-corrected chi connectivity index (χ1v) is 6.32. The van der Waals surface area contributed by atoms with Gasteiger partial charge in [-0.05, 0) is 25.0 Å². The molecule has 0 aliphatic rings. The fourth-order valence-electron chi connectivity index (χ4n) is 1.50. The lowest BCUT2D eigenvalue weighted by molar-refractivity contribution is -0.305. The van der Waals surface area contributed by atoms with E-state index in [0.717, 1.165) is 10.2 Å². The molecule has 2 rings (SSSR count). The minimum absolute atomic E-state index is 0.104. The van der Waals surface area contributed by atoms with E-state index in [2.05, 4.69) is 10.3 Å². The van der Waals surface area contributed by atoms with Crippen molar-refractivity contribution < 1.29 is 14.7 Å². The lowest BCUT2D eigenvalue weighted by Gasteiger charge is -2.02. The number of carboxylic acids is 1. The summed E-state index contributed by atoms with van der Waals surface area (Å²) in [6, 6.07) is 7.59. The number of nitrogens with zero attached hydrogens (tertiary/aromatic N) is 1. The molecule has 1 amide bonds. The van der Waals surface area contributed by atoms with Crippen LogP contribution in [-0.4, -0.2) is 16.9 Å². The summed E-state index contributed by atoms with van der Waals surface area (Å²) in [5.74, 6) is -1.36. The number of hydrogen-bond donors (Lipinski definition) is 1. The molecule has 94 valence electrons. The minimum atomic E-state index is -1.14. The third kappa shape index (κ3) is 3.27. The van der Waals surface area contributed by atoms with Crippen LogP contribution < -0.4 is 10.4 Å². The van der Waals surface area contributed by atoms with E-state index < -0.39 is 5.97 Å². The van der Waals surface area contributed by atoms with Gasteiger partial charge in [0, 0.05) is 12.4 Å². The molecule has 0 saturated heterocycles. The average molecular weight is 263 g/mol. The Labute approximate surface area is 107 Å². The van der Waals surface area contributed by atoms with Gasteiger partial charge in [0.05, 0.1) is 10.2 Å². The zero-order valence-corrected chi connectivity index (χ0v) is 10.3. The Morgan fingerprint density at radius 3 is 2.78 bits per heavy atom. The molecule has 1 aromatic heterocycles. The molecule has 0 fully saturated rings. The highest BCUT2D eigenvalue weighted by Gasteiger charge is 2.07. The lowest BCUT2D eigenvalue weighted by atomic mass is 10.2. The molecule has 2 aromatic rings. The predicted molar refractivity (Wildman–Crippen MR) is 67.1 cm³/mol. The van der Waals surface area contributed by atoms with Gasteiger partial charge < -0.3 is 15.2 Å². The summed E-state index contributed by atoms with van der Waals surface area (Å²) < 4.78 is 1.00. The maximum atomic E-state index is 11.5. The van der Waals surface area contributed by atoms with Gasteiger partial charge in [-0.2, -0.15) is 0 Å². The maximum absolute atomic E-state index is 11.5. The number of nitrogens with one attached hydrogen (secondary N) is 1. The minimum Gasteiger partial charge on any atom is -0.550 e. The molecule has 5 nitrogen and oxygen atoms in total. The second-order valence-corrected chi connectivity index (χ2v) is 4.79. The summed E-state index contributed by atoms with van der Waals surface area (Å²) in [4.78, 5) is 26.0. The van der Waals surface area contributed by atoms with Gasteiger partial charge in [-0.1, -0.05) is 23.5 Å². The number of carbonyl (C=O) groups excluding carboxylic acids is 2. The predicted octanol–water partition coefficient (Wildman–Crippen LogP) is 1.15. The molecule has 6 heteroatoms. The largest absolute Gasteiger partial charge is 0.550 e. The highest BCUT2D eigenvalue weighted by atomic mass is 32.1. The first-order chi connectivity index (χ1) is 8.65. The van der Waals surface area contributed by atoms with Crippen LogP contribution in [0, 0.1) is 0 Å². The van der Waals surface area contributed by atoms with Gasteiger partial charge in [0.1, 0.15) is 0 Å². The first kappa shape index (κ1) is 12.5. The third-order valence-electron chi connectivity index (χ3n) is 2.32. The molecule has 1 heterocycles. The van der Waals surface area contributed by atoms with Gasteiger partial charge in [0.15, 0.2) is 5.13 Å². The number of carboxylic acid groups (broad SMARTS) is 1. The van der Waals surface area contributed by atoms with Gasteiger partial charge in [-0.15, -0.1) is 0 Å². The number of carbonyl (C=O) groups is 2. The molecule has 0 radical (unpaired) electrons. The summed E-state index contributed by atoms with van der Waals surface area (Å²) in [6.45, 7) is 0. The van der Waals surface area contributed by atoms with Crippen molar-refractivity contribution in [3.8, 4) is 0 Å². The standard InChI is InChI=1S/C12H12N2O3S/c15-10(6-3-7-11(16)17)14-12-13-8-4-1-2-5-9(8)18-12/h1-2,4-5H,3,6-7H2,(H,16,17)(H,13,14,15)/p-1. The number of para-hydroxylation sites is 1. The second-order valence-electron chi connectivity index (χ2n) is 3.76. The zero-order chi connectivity index (χ0) is 13.0. The number of rotatable bonds is 5. The quantitative estimate of drug-likeness (QED) is 0.877. The SMILES string of the molecule is O=C([O-])CCCC(=O)Nc1nc2ccccc2s1. The molecule has 0 atom stereocenters. The maximum Gasteiger partial charge on any atom is 0.226 e. The fraction of sp³-hybridized carbons (Fsp3) is 0.250. The van der Waals surface area contributed by atoms with Crippen LogP contribution in [0.25, 0.3) is 10.2 Å². The van der Waals surface area contributed by atoms with Gasteiger partial charge >= 0.3 is 0 Å². The number of benzene rings is 1. The van der Waals surface area contributed by atoms with Crippen LogP contribution >= 0.6 is 11.3 Å². The van der Waals surface area contributed by atoms with Crippen molar-refractivity contribution in [1.29, 1.82) is 0 Å².